The summed E-state index contributed by atoms with van der Waals surface area (Å²) in [5, 5.41) is 4.30. The molecule has 2 rings (SSSR count). The molecule has 2 heterocycles. The predicted molar refractivity (Wildman–Crippen MR) is 60.4 cm³/mol. The molecule has 0 atom stereocenters. The molecule has 0 aliphatic heterocycles. The van der Waals surface area contributed by atoms with Crippen LogP contribution in [0.1, 0.15) is 31.0 Å². The molecule has 5 nitrogen and oxygen atoms in total. The average Bonchev–Trinajstić information content (AvgIpc) is 2.45. The van der Waals surface area contributed by atoms with Crippen LogP contribution in [0, 0.1) is 6.92 Å². The molecule has 0 aromatic carbocycles. The van der Waals surface area contributed by atoms with Gasteiger partial charge >= 0.3 is 0 Å². The fourth-order valence-electron chi connectivity index (χ4n) is 1.64. The second kappa shape index (κ2) is 3.30. The standard InChI is InChI=1S/C9H12N4OS/c1-4(2)6-5(3)11-9-13(7(6)14)12-8(10)15-9/h4H,1-3H3,(H2,10,12). The maximum atomic E-state index is 12.0. The van der Waals surface area contributed by atoms with Crippen molar-refractivity contribution in [2.24, 2.45) is 0 Å². The van der Waals surface area contributed by atoms with Gasteiger partial charge in [-0.25, -0.2) is 4.98 Å². The van der Waals surface area contributed by atoms with Crippen LogP contribution < -0.4 is 11.3 Å². The van der Waals surface area contributed by atoms with Crippen molar-refractivity contribution in [3.05, 3.63) is 21.6 Å². The van der Waals surface area contributed by atoms with E-state index in [2.05, 4.69) is 10.1 Å². The Hall–Kier alpha value is -1.43. The van der Waals surface area contributed by atoms with Gasteiger partial charge in [-0.15, -0.1) is 5.10 Å². The predicted octanol–water partition coefficient (Wildman–Crippen LogP) is 1.17. The second-order valence-electron chi connectivity index (χ2n) is 3.71. The number of fused-ring (bicyclic) bond motifs is 1. The van der Waals surface area contributed by atoms with Crippen LogP contribution in [-0.2, 0) is 0 Å². The number of hydrogen-bond acceptors (Lipinski definition) is 5. The van der Waals surface area contributed by atoms with E-state index in [1.54, 1.807) is 0 Å². The summed E-state index contributed by atoms with van der Waals surface area (Å²) in [4.78, 5) is 16.9. The molecule has 0 spiro atoms. The van der Waals surface area contributed by atoms with Crippen molar-refractivity contribution >= 4 is 21.4 Å². The summed E-state index contributed by atoms with van der Waals surface area (Å²) in [6.07, 6.45) is 0. The van der Waals surface area contributed by atoms with Gasteiger partial charge in [-0.05, 0) is 12.8 Å². The van der Waals surface area contributed by atoms with Crippen molar-refractivity contribution in [2.75, 3.05) is 5.73 Å². The molecule has 2 aromatic rings. The van der Waals surface area contributed by atoms with Crippen LogP contribution in [0.25, 0.3) is 4.96 Å². The Balaban J connectivity index is 2.89. The average molecular weight is 224 g/mol. The highest BCUT2D eigenvalue weighted by atomic mass is 32.1. The van der Waals surface area contributed by atoms with Gasteiger partial charge in [0.1, 0.15) is 0 Å². The lowest BCUT2D eigenvalue weighted by atomic mass is 10.0. The third kappa shape index (κ3) is 1.50. The molecule has 0 radical (unpaired) electrons. The number of nitrogens with two attached hydrogens (primary N) is 1. The van der Waals surface area contributed by atoms with Crippen LogP contribution in [-0.4, -0.2) is 14.6 Å². The summed E-state index contributed by atoms with van der Waals surface area (Å²) in [5.41, 5.74) is 6.90. The van der Waals surface area contributed by atoms with Gasteiger partial charge in [-0.1, -0.05) is 25.2 Å². The van der Waals surface area contributed by atoms with Crippen molar-refractivity contribution in [3.63, 3.8) is 0 Å². The van der Waals surface area contributed by atoms with Gasteiger partial charge in [0.2, 0.25) is 10.1 Å². The van der Waals surface area contributed by atoms with Gasteiger partial charge in [-0.2, -0.15) is 4.52 Å². The summed E-state index contributed by atoms with van der Waals surface area (Å²) in [5.74, 6) is 0.143. The maximum Gasteiger partial charge on any atom is 0.278 e. The summed E-state index contributed by atoms with van der Waals surface area (Å²) >= 11 is 1.22. The van der Waals surface area contributed by atoms with E-state index in [1.807, 2.05) is 20.8 Å². The Morgan fingerprint density at radius 1 is 1.47 bits per heavy atom. The van der Waals surface area contributed by atoms with Crippen LogP contribution in [0.2, 0.25) is 0 Å². The number of nitrogen functional groups attached to an aromatic ring is 1. The lowest BCUT2D eigenvalue weighted by Crippen LogP contribution is -2.22. The minimum absolute atomic E-state index is 0.111. The van der Waals surface area contributed by atoms with Crippen LogP contribution in [0.5, 0.6) is 0 Å². The maximum absolute atomic E-state index is 12.0. The third-order valence-corrected chi connectivity index (χ3v) is 2.97. The van der Waals surface area contributed by atoms with Crippen molar-refractivity contribution in [1.82, 2.24) is 14.6 Å². The highest BCUT2D eigenvalue weighted by Gasteiger charge is 2.15. The normalized spacial score (nSPS) is 11.5. The van der Waals surface area contributed by atoms with E-state index < -0.39 is 0 Å². The molecule has 80 valence electrons. The van der Waals surface area contributed by atoms with E-state index in [1.165, 1.54) is 15.9 Å². The highest BCUT2D eigenvalue weighted by Crippen LogP contribution is 2.17. The van der Waals surface area contributed by atoms with E-state index in [0.717, 1.165) is 5.69 Å². The first-order valence-corrected chi connectivity index (χ1v) is 5.48. The van der Waals surface area contributed by atoms with Crippen molar-refractivity contribution in [3.8, 4) is 0 Å². The fourth-order valence-corrected chi connectivity index (χ4v) is 2.34. The molecule has 2 aromatic heterocycles. The van der Waals surface area contributed by atoms with E-state index >= 15 is 0 Å². The summed E-state index contributed by atoms with van der Waals surface area (Å²) in [6.45, 7) is 5.77. The summed E-state index contributed by atoms with van der Waals surface area (Å²) in [6, 6.07) is 0. The van der Waals surface area contributed by atoms with Gasteiger partial charge < -0.3 is 5.73 Å². The van der Waals surface area contributed by atoms with Crippen LogP contribution in [0.3, 0.4) is 0 Å². The van der Waals surface area contributed by atoms with E-state index in [-0.39, 0.29) is 11.5 Å². The van der Waals surface area contributed by atoms with Gasteiger partial charge in [0, 0.05) is 11.3 Å². The molecule has 0 aliphatic carbocycles. The zero-order valence-electron chi connectivity index (χ0n) is 8.81. The molecule has 0 saturated carbocycles. The first kappa shape index (κ1) is 10.1. The molecule has 2 N–H and O–H groups in total. The fraction of sp³-hybridized carbons (Fsp3) is 0.444. The Bertz CT molecular complexity index is 569. The zero-order chi connectivity index (χ0) is 11.2. The summed E-state index contributed by atoms with van der Waals surface area (Å²) < 4.78 is 1.28. The molecular weight excluding hydrogens is 212 g/mol. The Kier molecular flexibility index (Phi) is 2.22. The van der Waals surface area contributed by atoms with Crippen LogP contribution in [0.15, 0.2) is 4.79 Å². The van der Waals surface area contributed by atoms with E-state index in [4.69, 9.17) is 5.73 Å². The van der Waals surface area contributed by atoms with Crippen molar-refractivity contribution < 1.29 is 0 Å². The minimum atomic E-state index is -0.111. The topological polar surface area (TPSA) is 73.3 Å². The monoisotopic (exact) mass is 224 g/mol. The van der Waals surface area contributed by atoms with Gasteiger partial charge in [0.15, 0.2) is 0 Å². The smallest absolute Gasteiger partial charge is 0.278 e. The van der Waals surface area contributed by atoms with E-state index in [0.29, 0.717) is 15.7 Å². The first-order valence-electron chi connectivity index (χ1n) is 4.66. The van der Waals surface area contributed by atoms with Gasteiger partial charge in [0.25, 0.3) is 5.56 Å². The number of anilines is 1. The molecule has 0 bridgehead atoms. The Labute approximate surface area is 90.6 Å². The van der Waals surface area contributed by atoms with Crippen LogP contribution in [0.4, 0.5) is 5.13 Å². The highest BCUT2D eigenvalue weighted by molar-refractivity contribution is 7.20. The number of nitrogens with zero attached hydrogens (tertiary/aromatic N) is 3. The molecule has 6 heteroatoms. The molecule has 0 saturated heterocycles. The third-order valence-electron chi connectivity index (χ3n) is 2.23. The summed E-state index contributed by atoms with van der Waals surface area (Å²) in [7, 11) is 0. The number of rotatable bonds is 1. The second-order valence-corrected chi connectivity index (χ2v) is 4.69. The lowest BCUT2D eigenvalue weighted by molar-refractivity contribution is 0.782. The van der Waals surface area contributed by atoms with Crippen LogP contribution >= 0.6 is 11.3 Å². The molecule has 0 unspecified atom stereocenters. The molecule has 0 fully saturated rings. The molecule has 0 aliphatic rings. The SMILES string of the molecule is Cc1nc2sc(N)nn2c(=O)c1C(C)C. The number of aryl methyl sites for hydroxylation is 1. The Morgan fingerprint density at radius 2 is 2.13 bits per heavy atom. The van der Waals surface area contributed by atoms with Crippen molar-refractivity contribution in [1.29, 1.82) is 0 Å². The largest absolute Gasteiger partial charge is 0.374 e. The van der Waals surface area contributed by atoms with Gasteiger partial charge in [-0.3, -0.25) is 4.79 Å². The number of hydrogen-bond donors (Lipinski definition) is 1. The number of aromatic nitrogens is 3. The quantitative estimate of drug-likeness (QED) is 0.789. The molecular formula is C9H12N4OS. The molecule has 0 amide bonds. The lowest BCUT2D eigenvalue weighted by Gasteiger charge is -2.06. The van der Waals surface area contributed by atoms with Crippen molar-refractivity contribution in [2.45, 2.75) is 26.7 Å². The molecule has 15 heavy (non-hydrogen) atoms. The first-order chi connectivity index (χ1) is 7.00. The Morgan fingerprint density at radius 3 is 2.73 bits per heavy atom. The minimum Gasteiger partial charge on any atom is -0.374 e. The van der Waals surface area contributed by atoms with Gasteiger partial charge in [0.05, 0.1) is 0 Å². The van der Waals surface area contributed by atoms with E-state index in [9.17, 15) is 4.79 Å². The zero-order valence-corrected chi connectivity index (χ0v) is 9.63.